The monoisotopic (exact) mass is 202 g/mol. The van der Waals surface area contributed by atoms with Gasteiger partial charge in [-0.05, 0) is 13.8 Å². The Morgan fingerprint density at radius 1 is 1.36 bits per heavy atom. The van der Waals surface area contributed by atoms with Gasteiger partial charge in [0, 0.05) is 7.11 Å². The topological polar surface area (TPSA) is 54.0 Å². The third kappa shape index (κ3) is 1.46. The predicted molar refractivity (Wildman–Crippen MR) is 45.6 cm³/mol. The summed E-state index contributed by atoms with van der Waals surface area (Å²) >= 11 is 0. The summed E-state index contributed by atoms with van der Waals surface area (Å²) in [5.74, 6) is -0.667. The van der Waals surface area contributed by atoms with E-state index in [9.17, 15) is 4.79 Å². The van der Waals surface area contributed by atoms with Crippen molar-refractivity contribution >= 4 is 6.29 Å². The number of hydrogen-bond donors (Lipinski definition) is 0. The maximum absolute atomic E-state index is 10.7. The molecule has 2 aliphatic rings. The molecule has 0 aliphatic carbocycles. The molecule has 0 radical (unpaired) electrons. The second-order valence-electron chi connectivity index (χ2n) is 3.91. The Morgan fingerprint density at radius 3 is 2.64 bits per heavy atom. The molecule has 0 saturated carbocycles. The normalized spacial score (nSPS) is 45.1. The molecule has 0 N–H and O–H groups in total. The smallest absolute Gasteiger partial charge is 0.190 e. The number of fused-ring (bicyclic) bond motifs is 1. The van der Waals surface area contributed by atoms with Gasteiger partial charge in [0.2, 0.25) is 0 Å². The van der Waals surface area contributed by atoms with Crippen LogP contribution in [0.15, 0.2) is 0 Å². The van der Waals surface area contributed by atoms with Crippen LogP contribution in [0.1, 0.15) is 13.8 Å². The molecule has 5 nitrogen and oxygen atoms in total. The van der Waals surface area contributed by atoms with E-state index in [4.69, 9.17) is 18.9 Å². The number of ether oxygens (including phenoxy) is 4. The van der Waals surface area contributed by atoms with E-state index in [0.29, 0.717) is 6.29 Å². The zero-order valence-electron chi connectivity index (χ0n) is 8.43. The van der Waals surface area contributed by atoms with Gasteiger partial charge in [-0.2, -0.15) is 0 Å². The molecule has 0 aromatic carbocycles. The summed E-state index contributed by atoms with van der Waals surface area (Å²) in [5, 5.41) is 0. The molecule has 4 atom stereocenters. The van der Waals surface area contributed by atoms with Gasteiger partial charge in [-0.1, -0.05) is 0 Å². The maximum Gasteiger partial charge on any atom is 0.190 e. The van der Waals surface area contributed by atoms with E-state index in [0.717, 1.165) is 0 Å². The average molecular weight is 202 g/mol. The zero-order valence-corrected chi connectivity index (χ0v) is 8.43. The van der Waals surface area contributed by atoms with Gasteiger partial charge in [0.15, 0.2) is 18.4 Å². The lowest BCUT2D eigenvalue weighted by Gasteiger charge is -2.22. The number of hydrogen-bond acceptors (Lipinski definition) is 5. The molecule has 2 heterocycles. The maximum atomic E-state index is 10.7. The molecule has 2 aliphatic heterocycles. The lowest BCUT2D eigenvalue weighted by Crippen LogP contribution is -2.36. The Labute approximate surface area is 82.3 Å². The fraction of sp³-hybridized carbons (Fsp3) is 0.889. The number of carbonyl (C=O) groups is 1. The van der Waals surface area contributed by atoms with Gasteiger partial charge in [0.1, 0.15) is 18.3 Å². The van der Waals surface area contributed by atoms with Crippen molar-refractivity contribution in [1.82, 2.24) is 0 Å². The van der Waals surface area contributed by atoms with E-state index in [2.05, 4.69) is 0 Å². The van der Waals surface area contributed by atoms with Gasteiger partial charge in [-0.15, -0.1) is 0 Å². The number of carbonyl (C=O) groups excluding carboxylic acids is 1. The molecule has 14 heavy (non-hydrogen) atoms. The van der Waals surface area contributed by atoms with Crippen molar-refractivity contribution in [2.24, 2.45) is 0 Å². The molecule has 0 spiro atoms. The van der Waals surface area contributed by atoms with Crippen molar-refractivity contribution in [3.63, 3.8) is 0 Å². The van der Waals surface area contributed by atoms with Gasteiger partial charge in [0.05, 0.1) is 0 Å². The fourth-order valence-corrected chi connectivity index (χ4v) is 1.88. The lowest BCUT2D eigenvalue weighted by atomic mass is 10.1. The van der Waals surface area contributed by atoms with E-state index in [-0.39, 0.29) is 12.2 Å². The molecule has 2 rings (SSSR count). The molecular formula is C9H14O5. The van der Waals surface area contributed by atoms with Crippen LogP contribution in [0.5, 0.6) is 0 Å². The first-order chi connectivity index (χ1) is 6.57. The first kappa shape index (κ1) is 10.0. The Morgan fingerprint density at radius 2 is 2.07 bits per heavy atom. The van der Waals surface area contributed by atoms with Crippen molar-refractivity contribution in [3.05, 3.63) is 0 Å². The van der Waals surface area contributed by atoms with E-state index < -0.39 is 18.2 Å². The van der Waals surface area contributed by atoms with Gasteiger partial charge >= 0.3 is 0 Å². The van der Waals surface area contributed by atoms with E-state index in [1.165, 1.54) is 7.11 Å². The van der Waals surface area contributed by atoms with Crippen molar-refractivity contribution in [2.75, 3.05) is 7.11 Å². The molecule has 5 heteroatoms. The van der Waals surface area contributed by atoms with Gasteiger partial charge in [-0.25, -0.2) is 0 Å². The van der Waals surface area contributed by atoms with Crippen molar-refractivity contribution in [1.29, 1.82) is 0 Å². The van der Waals surface area contributed by atoms with E-state index >= 15 is 0 Å². The predicted octanol–water partition coefficient (Wildman–Crippen LogP) is 0.0767. The first-order valence-corrected chi connectivity index (χ1v) is 4.56. The Balaban J connectivity index is 2.13. The summed E-state index contributed by atoms with van der Waals surface area (Å²) in [4.78, 5) is 10.7. The van der Waals surface area contributed by atoms with Crippen molar-refractivity contribution in [2.45, 2.75) is 44.2 Å². The Kier molecular flexibility index (Phi) is 2.35. The highest BCUT2D eigenvalue weighted by atomic mass is 16.8. The molecule has 0 unspecified atom stereocenters. The molecule has 0 aromatic rings. The lowest BCUT2D eigenvalue weighted by molar-refractivity contribution is -0.213. The Bertz CT molecular complexity index is 239. The number of aldehydes is 1. The van der Waals surface area contributed by atoms with Crippen molar-refractivity contribution < 1.29 is 23.7 Å². The molecular weight excluding hydrogens is 188 g/mol. The standard InChI is InChI=1S/C9H14O5/c1-9(2)13-7-6(11-3)5(4-10)12-8(7)14-9/h4-8H,1-3H3/t5-,6+,7-,8+/m1/s1. The molecule has 0 aromatic heterocycles. The van der Waals surface area contributed by atoms with Crippen LogP contribution in [0.25, 0.3) is 0 Å². The van der Waals surface area contributed by atoms with Gasteiger partial charge in [0.25, 0.3) is 0 Å². The van der Waals surface area contributed by atoms with E-state index in [1.807, 2.05) is 0 Å². The highest BCUT2D eigenvalue weighted by Crippen LogP contribution is 2.37. The van der Waals surface area contributed by atoms with Crippen LogP contribution in [0.2, 0.25) is 0 Å². The summed E-state index contributed by atoms with van der Waals surface area (Å²) < 4.78 is 21.5. The summed E-state index contributed by atoms with van der Waals surface area (Å²) in [7, 11) is 1.53. The highest BCUT2D eigenvalue weighted by Gasteiger charge is 2.55. The molecule has 0 amide bonds. The minimum Gasteiger partial charge on any atom is -0.375 e. The van der Waals surface area contributed by atoms with Crippen LogP contribution in [0.3, 0.4) is 0 Å². The van der Waals surface area contributed by atoms with Crippen LogP contribution in [-0.2, 0) is 23.7 Å². The SMILES string of the molecule is CO[C@@H]1[C@H]2OC(C)(C)O[C@@H]2O[C@@H]1C=O. The van der Waals surface area contributed by atoms with Crippen LogP contribution in [0, 0.1) is 0 Å². The second-order valence-corrected chi connectivity index (χ2v) is 3.91. The molecule has 0 bridgehead atoms. The quantitative estimate of drug-likeness (QED) is 0.593. The number of rotatable bonds is 2. The van der Waals surface area contributed by atoms with Crippen LogP contribution in [0.4, 0.5) is 0 Å². The van der Waals surface area contributed by atoms with Gasteiger partial charge < -0.3 is 23.7 Å². The number of methoxy groups -OCH3 is 1. The third-order valence-electron chi connectivity index (χ3n) is 2.43. The third-order valence-corrected chi connectivity index (χ3v) is 2.43. The highest BCUT2D eigenvalue weighted by molar-refractivity contribution is 5.58. The van der Waals surface area contributed by atoms with Crippen LogP contribution < -0.4 is 0 Å². The fourth-order valence-electron chi connectivity index (χ4n) is 1.88. The minimum atomic E-state index is -0.667. The Hall–Kier alpha value is -0.490. The summed E-state index contributed by atoms with van der Waals surface area (Å²) in [6.07, 6.45) is -1.06. The first-order valence-electron chi connectivity index (χ1n) is 4.56. The largest absolute Gasteiger partial charge is 0.375 e. The average Bonchev–Trinajstić information content (AvgIpc) is 2.55. The van der Waals surface area contributed by atoms with Gasteiger partial charge in [-0.3, -0.25) is 0 Å². The molecule has 2 fully saturated rings. The summed E-state index contributed by atoms with van der Waals surface area (Å²) in [6.45, 7) is 3.61. The summed E-state index contributed by atoms with van der Waals surface area (Å²) in [5.41, 5.74) is 0. The summed E-state index contributed by atoms with van der Waals surface area (Å²) in [6, 6.07) is 0. The molecule has 80 valence electrons. The van der Waals surface area contributed by atoms with E-state index in [1.54, 1.807) is 13.8 Å². The second kappa shape index (κ2) is 3.27. The van der Waals surface area contributed by atoms with Crippen molar-refractivity contribution in [3.8, 4) is 0 Å². The molecule has 2 saturated heterocycles. The minimum absolute atomic E-state index is 0.315. The van der Waals surface area contributed by atoms with Crippen LogP contribution in [-0.4, -0.2) is 43.8 Å². The van der Waals surface area contributed by atoms with Crippen LogP contribution >= 0.6 is 0 Å². The zero-order chi connectivity index (χ0) is 10.3.